The minimum absolute atomic E-state index is 0.257. The molecule has 1 saturated carbocycles. The van der Waals surface area contributed by atoms with Gasteiger partial charge in [0, 0.05) is 6.54 Å². The minimum atomic E-state index is -0.257. The molecule has 1 aliphatic rings. The number of rotatable bonds is 7. The molecule has 4 heteroatoms. The standard InChI is InChI=1S/C16H24N2O2/c19-16(17-12-6-11-14-7-4-5-8-14)18-20-13-15-9-2-1-3-10-15/h1-3,9-10,14H,4-8,11-13H2,(H2,17,18,19). The third kappa shape index (κ3) is 5.61. The van der Waals surface area contributed by atoms with Gasteiger partial charge in [-0.25, -0.2) is 10.3 Å². The van der Waals surface area contributed by atoms with Gasteiger partial charge in [0.05, 0.1) is 6.61 Å². The Kier molecular flexibility index (Phi) is 6.38. The summed E-state index contributed by atoms with van der Waals surface area (Å²) in [6, 6.07) is 9.51. The van der Waals surface area contributed by atoms with Gasteiger partial charge in [0.2, 0.25) is 0 Å². The van der Waals surface area contributed by atoms with Crippen LogP contribution in [0.4, 0.5) is 4.79 Å². The summed E-state index contributed by atoms with van der Waals surface area (Å²) in [6.45, 7) is 1.10. The molecule has 20 heavy (non-hydrogen) atoms. The summed E-state index contributed by atoms with van der Waals surface area (Å²) < 4.78 is 0. The molecule has 2 rings (SSSR count). The van der Waals surface area contributed by atoms with Crippen LogP contribution in [0.15, 0.2) is 30.3 Å². The van der Waals surface area contributed by atoms with Gasteiger partial charge in [-0.3, -0.25) is 4.84 Å². The molecule has 1 aromatic carbocycles. The van der Waals surface area contributed by atoms with Crippen LogP contribution in [0.2, 0.25) is 0 Å². The van der Waals surface area contributed by atoms with E-state index >= 15 is 0 Å². The van der Waals surface area contributed by atoms with Crippen molar-refractivity contribution < 1.29 is 9.63 Å². The molecule has 0 saturated heterocycles. The zero-order chi connectivity index (χ0) is 14.0. The molecule has 1 aliphatic carbocycles. The maximum atomic E-state index is 11.5. The fourth-order valence-corrected chi connectivity index (χ4v) is 2.69. The average molecular weight is 276 g/mol. The SMILES string of the molecule is O=C(NCCCC1CCCC1)NOCc1ccccc1. The van der Waals surface area contributed by atoms with Crippen LogP contribution < -0.4 is 10.8 Å². The van der Waals surface area contributed by atoms with Gasteiger partial charge in [0.25, 0.3) is 0 Å². The Balaban J connectivity index is 1.48. The van der Waals surface area contributed by atoms with Gasteiger partial charge >= 0.3 is 6.03 Å². The lowest BCUT2D eigenvalue weighted by Gasteiger charge is -2.10. The Morgan fingerprint density at radius 3 is 2.70 bits per heavy atom. The van der Waals surface area contributed by atoms with Crippen molar-refractivity contribution in [1.29, 1.82) is 0 Å². The van der Waals surface area contributed by atoms with Crippen molar-refractivity contribution in [3.8, 4) is 0 Å². The molecule has 2 amide bonds. The molecule has 110 valence electrons. The van der Waals surface area contributed by atoms with Crippen LogP contribution in [0.5, 0.6) is 0 Å². The second-order valence-corrected chi connectivity index (χ2v) is 5.42. The molecule has 0 bridgehead atoms. The van der Waals surface area contributed by atoms with E-state index in [1.165, 1.54) is 32.1 Å². The third-order valence-electron chi connectivity index (χ3n) is 3.80. The van der Waals surface area contributed by atoms with Crippen LogP contribution in [0.3, 0.4) is 0 Å². The van der Waals surface area contributed by atoms with E-state index in [2.05, 4.69) is 10.8 Å². The molecule has 0 aliphatic heterocycles. The first-order chi connectivity index (χ1) is 9.84. The Labute approximate surface area is 120 Å². The topological polar surface area (TPSA) is 50.4 Å². The van der Waals surface area contributed by atoms with Gasteiger partial charge in [-0.1, -0.05) is 56.0 Å². The van der Waals surface area contributed by atoms with Crippen LogP contribution in [0.25, 0.3) is 0 Å². The van der Waals surface area contributed by atoms with E-state index in [0.29, 0.717) is 6.61 Å². The van der Waals surface area contributed by atoms with Crippen molar-refractivity contribution in [3.05, 3.63) is 35.9 Å². The normalized spacial score (nSPS) is 15.2. The molecular weight excluding hydrogens is 252 g/mol. The molecule has 2 N–H and O–H groups in total. The van der Waals surface area contributed by atoms with Crippen molar-refractivity contribution in [2.45, 2.75) is 45.1 Å². The molecule has 0 unspecified atom stereocenters. The number of carbonyl (C=O) groups is 1. The highest BCUT2D eigenvalue weighted by Crippen LogP contribution is 2.28. The summed E-state index contributed by atoms with van der Waals surface area (Å²) in [5, 5.41) is 2.82. The highest BCUT2D eigenvalue weighted by molar-refractivity contribution is 5.72. The van der Waals surface area contributed by atoms with Crippen molar-refractivity contribution in [3.63, 3.8) is 0 Å². The first-order valence-corrected chi connectivity index (χ1v) is 7.54. The number of hydrogen-bond acceptors (Lipinski definition) is 2. The van der Waals surface area contributed by atoms with Crippen molar-refractivity contribution in [2.24, 2.45) is 5.92 Å². The molecule has 0 atom stereocenters. The summed E-state index contributed by atoms with van der Waals surface area (Å²) in [6.07, 6.45) is 7.78. The van der Waals surface area contributed by atoms with Crippen molar-refractivity contribution in [1.82, 2.24) is 10.8 Å². The van der Waals surface area contributed by atoms with Gasteiger partial charge in [-0.05, 0) is 24.3 Å². The Morgan fingerprint density at radius 2 is 1.95 bits per heavy atom. The van der Waals surface area contributed by atoms with E-state index in [1.807, 2.05) is 30.3 Å². The predicted octanol–water partition coefficient (Wildman–Crippen LogP) is 3.39. The number of hydrogen-bond donors (Lipinski definition) is 2. The quantitative estimate of drug-likeness (QED) is 0.592. The van der Waals surface area contributed by atoms with Gasteiger partial charge in [0.15, 0.2) is 0 Å². The second kappa shape index (κ2) is 8.59. The molecule has 1 aromatic rings. The Morgan fingerprint density at radius 1 is 1.20 bits per heavy atom. The molecule has 0 radical (unpaired) electrons. The predicted molar refractivity (Wildman–Crippen MR) is 79.0 cm³/mol. The summed E-state index contributed by atoms with van der Waals surface area (Å²) >= 11 is 0. The molecule has 1 fully saturated rings. The highest BCUT2D eigenvalue weighted by Gasteiger charge is 2.14. The fourth-order valence-electron chi connectivity index (χ4n) is 2.69. The average Bonchev–Trinajstić information content (AvgIpc) is 2.98. The molecular formula is C16H24N2O2. The van der Waals surface area contributed by atoms with E-state index in [1.54, 1.807) is 0 Å². The van der Waals surface area contributed by atoms with E-state index < -0.39 is 0 Å². The maximum Gasteiger partial charge on any atom is 0.338 e. The monoisotopic (exact) mass is 276 g/mol. The van der Waals surface area contributed by atoms with Crippen LogP contribution >= 0.6 is 0 Å². The maximum absolute atomic E-state index is 11.5. The lowest BCUT2D eigenvalue weighted by molar-refractivity contribution is 0.0491. The minimum Gasteiger partial charge on any atom is -0.336 e. The van der Waals surface area contributed by atoms with Gasteiger partial charge < -0.3 is 5.32 Å². The summed E-state index contributed by atoms with van der Waals surface area (Å²) in [5.41, 5.74) is 3.45. The van der Waals surface area contributed by atoms with Crippen LogP contribution in [0.1, 0.15) is 44.1 Å². The second-order valence-electron chi connectivity index (χ2n) is 5.42. The highest BCUT2D eigenvalue weighted by atomic mass is 16.7. The zero-order valence-corrected chi connectivity index (χ0v) is 11.9. The van der Waals surface area contributed by atoms with E-state index in [9.17, 15) is 4.79 Å². The largest absolute Gasteiger partial charge is 0.338 e. The van der Waals surface area contributed by atoms with Crippen LogP contribution in [-0.4, -0.2) is 12.6 Å². The zero-order valence-electron chi connectivity index (χ0n) is 11.9. The van der Waals surface area contributed by atoms with Gasteiger partial charge in [-0.15, -0.1) is 0 Å². The number of carbonyl (C=O) groups excluding carboxylic acids is 1. The molecule has 0 heterocycles. The summed E-state index contributed by atoms with van der Waals surface area (Å²) in [5.74, 6) is 0.884. The lowest BCUT2D eigenvalue weighted by atomic mass is 10.0. The number of amides is 2. The van der Waals surface area contributed by atoms with Crippen LogP contribution in [-0.2, 0) is 11.4 Å². The molecule has 0 spiro atoms. The Bertz CT molecular complexity index is 389. The summed E-state index contributed by atoms with van der Waals surface area (Å²) in [4.78, 5) is 16.6. The Hall–Kier alpha value is -1.55. The van der Waals surface area contributed by atoms with Crippen LogP contribution in [0, 0.1) is 5.92 Å². The number of nitrogens with one attached hydrogen (secondary N) is 2. The third-order valence-corrected chi connectivity index (χ3v) is 3.80. The summed E-state index contributed by atoms with van der Waals surface area (Å²) in [7, 11) is 0. The van der Waals surface area contributed by atoms with Gasteiger partial charge in [0.1, 0.15) is 0 Å². The fraction of sp³-hybridized carbons (Fsp3) is 0.562. The molecule has 0 aromatic heterocycles. The first-order valence-electron chi connectivity index (χ1n) is 7.54. The lowest BCUT2D eigenvalue weighted by Crippen LogP contribution is -2.36. The van der Waals surface area contributed by atoms with Crippen molar-refractivity contribution >= 4 is 6.03 Å². The van der Waals surface area contributed by atoms with Crippen molar-refractivity contribution in [2.75, 3.05) is 6.54 Å². The van der Waals surface area contributed by atoms with Gasteiger partial charge in [-0.2, -0.15) is 0 Å². The number of benzene rings is 1. The number of urea groups is 1. The smallest absolute Gasteiger partial charge is 0.336 e. The van der Waals surface area contributed by atoms with E-state index in [0.717, 1.165) is 24.4 Å². The van der Waals surface area contributed by atoms with E-state index in [4.69, 9.17) is 4.84 Å². The van der Waals surface area contributed by atoms with E-state index in [-0.39, 0.29) is 6.03 Å². The molecule has 4 nitrogen and oxygen atoms in total. The first kappa shape index (κ1) is 14.9. The number of hydroxylamine groups is 1.